The van der Waals surface area contributed by atoms with Gasteiger partial charge in [0.1, 0.15) is 0 Å². The molecule has 0 aliphatic carbocycles. The van der Waals surface area contributed by atoms with E-state index in [0.717, 1.165) is 62.0 Å². The van der Waals surface area contributed by atoms with Crippen molar-refractivity contribution in [3.8, 4) is 11.5 Å². The van der Waals surface area contributed by atoms with Crippen molar-refractivity contribution in [1.29, 1.82) is 0 Å². The molecule has 7 nitrogen and oxygen atoms in total. The van der Waals surface area contributed by atoms with Gasteiger partial charge in [-0.3, -0.25) is 9.79 Å². The summed E-state index contributed by atoms with van der Waals surface area (Å²) < 4.78 is 10.7. The minimum Gasteiger partial charge on any atom is -0.493 e. The molecule has 2 aromatic carbocycles. The van der Waals surface area contributed by atoms with Crippen LogP contribution in [0.5, 0.6) is 11.5 Å². The molecule has 0 saturated heterocycles. The predicted octanol–water partition coefficient (Wildman–Crippen LogP) is 3.74. The van der Waals surface area contributed by atoms with Gasteiger partial charge in [-0.2, -0.15) is 0 Å². The second kappa shape index (κ2) is 13.9. The SMILES string of the molecule is CCNC(=NCCCC(=O)N1Cc2ccccc2C1)NCCc1ccc(OC)c(OC)c1.I. The van der Waals surface area contributed by atoms with Crippen LogP contribution in [0.4, 0.5) is 0 Å². The Balaban J connectivity index is 0.00000385. The monoisotopic (exact) mass is 566 g/mol. The molecule has 2 N–H and O–H groups in total. The number of benzene rings is 2. The van der Waals surface area contributed by atoms with E-state index >= 15 is 0 Å². The van der Waals surface area contributed by atoms with E-state index in [-0.39, 0.29) is 29.9 Å². The van der Waals surface area contributed by atoms with Crippen molar-refractivity contribution >= 4 is 35.8 Å². The van der Waals surface area contributed by atoms with Crippen molar-refractivity contribution in [3.05, 3.63) is 59.2 Å². The van der Waals surface area contributed by atoms with Gasteiger partial charge in [-0.25, -0.2) is 0 Å². The Morgan fingerprint density at radius 2 is 1.73 bits per heavy atom. The van der Waals surface area contributed by atoms with Crippen molar-refractivity contribution in [2.24, 2.45) is 4.99 Å². The van der Waals surface area contributed by atoms with E-state index in [1.54, 1.807) is 14.2 Å². The van der Waals surface area contributed by atoms with Crippen LogP contribution in [0, 0.1) is 0 Å². The van der Waals surface area contributed by atoms with Crippen molar-refractivity contribution < 1.29 is 14.3 Å². The number of ether oxygens (including phenoxy) is 2. The molecule has 0 saturated carbocycles. The van der Waals surface area contributed by atoms with E-state index in [2.05, 4.69) is 27.8 Å². The van der Waals surface area contributed by atoms with Crippen LogP contribution < -0.4 is 20.1 Å². The van der Waals surface area contributed by atoms with Gasteiger partial charge in [-0.15, -0.1) is 24.0 Å². The fraction of sp³-hybridized carbons (Fsp3) is 0.440. The molecule has 0 radical (unpaired) electrons. The summed E-state index contributed by atoms with van der Waals surface area (Å²) in [6.07, 6.45) is 2.08. The zero-order chi connectivity index (χ0) is 22.8. The second-order valence-electron chi connectivity index (χ2n) is 7.75. The first-order valence-electron chi connectivity index (χ1n) is 11.2. The average molecular weight is 566 g/mol. The molecule has 3 rings (SSSR count). The summed E-state index contributed by atoms with van der Waals surface area (Å²) in [6.45, 7) is 5.62. The first kappa shape index (κ1) is 26.8. The van der Waals surface area contributed by atoms with Crippen LogP contribution in [0.3, 0.4) is 0 Å². The molecule has 0 fully saturated rings. The molecule has 8 heteroatoms. The lowest BCUT2D eigenvalue weighted by atomic mass is 10.1. The summed E-state index contributed by atoms with van der Waals surface area (Å²) >= 11 is 0. The first-order valence-corrected chi connectivity index (χ1v) is 11.2. The average Bonchev–Trinajstić information content (AvgIpc) is 3.26. The Kier molecular flexibility index (Phi) is 11.3. The minimum absolute atomic E-state index is 0. The van der Waals surface area contributed by atoms with Gasteiger partial charge in [0.05, 0.1) is 14.2 Å². The van der Waals surface area contributed by atoms with Crippen molar-refractivity contribution in [2.45, 2.75) is 39.3 Å². The fourth-order valence-electron chi connectivity index (χ4n) is 3.79. The van der Waals surface area contributed by atoms with Crippen molar-refractivity contribution in [3.63, 3.8) is 0 Å². The third-order valence-corrected chi connectivity index (χ3v) is 5.51. The topological polar surface area (TPSA) is 75.2 Å². The van der Waals surface area contributed by atoms with Gasteiger partial charge in [-0.05, 0) is 48.6 Å². The summed E-state index contributed by atoms with van der Waals surface area (Å²) in [5.74, 6) is 2.43. The molecule has 33 heavy (non-hydrogen) atoms. The van der Waals surface area contributed by atoms with Crippen molar-refractivity contribution in [2.75, 3.05) is 33.9 Å². The van der Waals surface area contributed by atoms with Gasteiger partial charge in [-0.1, -0.05) is 30.3 Å². The highest BCUT2D eigenvalue weighted by atomic mass is 127. The van der Waals surface area contributed by atoms with E-state index < -0.39 is 0 Å². The summed E-state index contributed by atoms with van der Waals surface area (Å²) in [5, 5.41) is 6.63. The smallest absolute Gasteiger partial charge is 0.223 e. The van der Waals surface area contributed by atoms with Gasteiger partial charge >= 0.3 is 0 Å². The van der Waals surface area contributed by atoms with Crippen LogP contribution in [0.15, 0.2) is 47.5 Å². The molecule has 1 aliphatic heterocycles. The van der Waals surface area contributed by atoms with Gasteiger partial charge in [0.2, 0.25) is 5.91 Å². The minimum atomic E-state index is 0. The summed E-state index contributed by atoms with van der Waals surface area (Å²) in [5.41, 5.74) is 3.67. The molecule has 0 atom stereocenters. The third-order valence-electron chi connectivity index (χ3n) is 5.51. The van der Waals surface area contributed by atoms with Crippen LogP contribution in [-0.2, 0) is 24.3 Å². The number of hydrogen-bond donors (Lipinski definition) is 2. The van der Waals surface area contributed by atoms with Gasteiger partial charge < -0.3 is 25.0 Å². The molecule has 1 aliphatic rings. The lowest BCUT2D eigenvalue weighted by molar-refractivity contribution is -0.131. The maximum Gasteiger partial charge on any atom is 0.223 e. The zero-order valence-electron chi connectivity index (χ0n) is 19.7. The van der Waals surface area contributed by atoms with Gasteiger partial charge in [0.15, 0.2) is 17.5 Å². The second-order valence-corrected chi connectivity index (χ2v) is 7.75. The van der Waals surface area contributed by atoms with Gasteiger partial charge in [0.25, 0.3) is 0 Å². The number of halogens is 1. The van der Waals surface area contributed by atoms with Crippen LogP contribution >= 0.6 is 24.0 Å². The molecular weight excluding hydrogens is 531 g/mol. The molecule has 0 aromatic heterocycles. The number of fused-ring (bicyclic) bond motifs is 1. The summed E-state index contributed by atoms with van der Waals surface area (Å²) in [6, 6.07) is 14.2. The molecule has 0 spiro atoms. The van der Waals surface area contributed by atoms with E-state index in [0.29, 0.717) is 13.0 Å². The highest BCUT2D eigenvalue weighted by Gasteiger charge is 2.22. The number of aliphatic imine (C=N–C) groups is 1. The quantitative estimate of drug-likeness (QED) is 0.199. The fourth-order valence-corrected chi connectivity index (χ4v) is 3.79. The number of methoxy groups -OCH3 is 2. The van der Waals surface area contributed by atoms with Crippen LogP contribution in [0.25, 0.3) is 0 Å². The molecular formula is C25H35IN4O3. The Morgan fingerprint density at radius 1 is 1.03 bits per heavy atom. The maximum atomic E-state index is 12.5. The maximum absolute atomic E-state index is 12.5. The number of hydrogen-bond acceptors (Lipinski definition) is 4. The number of amides is 1. The molecule has 1 heterocycles. The number of carbonyl (C=O) groups excluding carboxylic acids is 1. The Labute approximate surface area is 214 Å². The summed E-state index contributed by atoms with van der Waals surface area (Å²) in [7, 11) is 3.28. The van der Waals surface area contributed by atoms with Crippen LogP contribution in [0.2, 0.25) is 0 Å². The summed E-state index contributed by atoms with van der Waals surface area (Å²) in [4.78, 5) is 19.1. The van der Waals surface area contributed by atoms with E-state index in [1.807, 2.05) is 42.2 Å². The number of carbonyl (C=O) groups is 1. The van der Waals surface area contributed by atoms with Crippen LogP contribution in [0.1, 0.15) is 36.5 Å². The Morgan fingerprint density at radius 3 is 2.36 bits per heavy atom. The number of nitrogens with one attached hydrogen (secondary N) is 2. The normalized spacial score (nSPS) is 12.6. The molecule has 1 amide bonds. The zero-order valence-corrected chi connectivity index (χ0v) is 22.1. The number of nitrogens with zero attached hydrogens (tertiary/aromatic N) is 2. The highest BCUT2D eigenvalue weighted by molar-refractivity contribution is 14.0. The van der Waals surface area contributed by atoms with E-state index in [9.17, 15) is 4.79 Å². The molecule has 0 bridgehead atoms. The largest absolute Gasteiger partial charge is 0.493 e. The van der Waals surface area contributed by atoms with Gasteiger partial charge in [0, 0.05) is 39.1 Å². The lowest BCUT2D eigenvalue weighted by Crippen LogP contribution is -2.38. The Bertz CT molecular complexity index is 911. The lowest BCUT2D eigenvalue weighted by Gasteiger charge is -2.15. The van der Waals surface area contributed by atoms with E-state index in [1.165, 1.54) is 11.1 Å². The van der Waals surface area contributed by atoms with E-state index in [4.69, 9.17) is 9.47 Å². The molecule has 180 valence electrons. The highest BCUT2D eigenvalue weighted by Crippen LogP contribution is 2.27. The Hall–Kier alpha value is -2.49. The predicted molar refractivity (Wildman–Crippen MR) is 143 cm³/mol. The number of rotatable bonds is 10. The molecule has 0 unspecified atom stereocenters. The van der Waals surface area contributed by atoms with Crippen LogP contribution in [-0.4, -0.2) is 50.6 Å². The standard InChI is InChI=1S/C25H34N4O3.HI/c1-4-26-25(28-15-13-19-11-12-22(31-2)23(16-19)32-3)27-14-7-10-24(30)29-17-20-8-5-6-9-21(20)18-29;/h5-6,8-9,11-12,16H,4,7,10,13-15,17-18H2,1-3H3,(H2,26,27,28);1H. The van der Waals surface area contributed by atoms with Crippen molar-refractivity contribution in [1.82, 2.24) is 15.5 Å². The molecule has 2 aromatic rings. The third kappa shape index (κ3) is 7.80. The number of guanidine groups is 1. The first-order chi connectivity index (χ1) is 15.6.